The van der Waals surface area contributed by atoms with Crippen LogP contribution in [-0.4, -0.2) is 32.1 Å². The van der Waals surface area contributed by atoms with Gasteiger partial charge in [-0.15, -0.1) is 11.3 Å². The van der Waals surface area contributed by atoms with Gasteiger partial charge in [-0.1, -0.05) is 0 Å². The third-order valence-corrected chi connectivity index (χ3v) is 4.13. The summed E-state index contributed by atoms with van der Waals surface area (Å²) in [6.07, 6.45) is 2.09. The number of carbonyl (C=O) groups is 1. The van der Waals surface area contributed by atoms with Crippen molar-refractivity contribution in [1.29, 1.82) is 0 Å². The maximum absolute atomic E-state index is 11.7. The van der Waals surface area contributed by atoms with E-state index >= 15 is 0 Å². The van der Waals surface area contributed by atoms with Gasteiger partial charge in [0.2, 0.25) is 0 Å². The van der Waals surface area contributed by atoms with E-state index in [2.05, 4.69) is 16.8 Å². The smallest absolute Gasteiger partial charge is 0.317 e. The van der Waals surface area contributed by atoms with Crippen LogP contribution in [0, 0.1) is 0 Å². The van der Waals surface area contributed by atoms with Crippen LogP contribution in [0.4, 0.5) is 4.79 Å². The molecule has 4 nitrogen and oxygen atoms in total. The first-order valence-electron chi connectivity index (χ1n) is 5.71. The Labute approximate surface area is 106 Å². The van der Waals surface area contributed by atoms with Crippen LogP contribution < -0.4 is 5.32 Å². The van der Waals surface area contributed by atoms with Gasteiger partial charge in [-0.05, 0) is 29.9 Å². The Kier molecular flexibility index (Phi) is 3.69. The Hall–Kier alpha value is -1.07. The van der Waals surface area contributed by atoms with E-state index in [1.807, 2.05) is 0 Å². The summed E-state index contributed by atoms with van der Waals surface area (Å²) in [5.74, 6) is 0. The largest absolute Gasteiger partial charge is 0.376 e. The Morgan fingerprint density at radius 2 is 2.29 bits per heavy atom. The Morgan fingerprint density at radius 1 is 1.53 bits per heavy atom. The molecule has 0 bridgehead atoms. The molecule has 1 heterocycles. The summed E-state index contributed by atoms with van der Waals surface area (Å²) >= 11 is 1.71. The van der Waals surface area contributed by atoms with E-state index in [1.165, 1.54) is 10.4 Å². The van der Waals surface area contributed by atoms with E-state index in [1.54, 1.807) is 37.4 Å². The van der Waals surface area contributed by atoms with Crippen molar-refractivity contribution < 1.29 is 9.53 Å². The van der Waals surface area contributed by atoms with Crippen LogP contribution in [-0.2, 0) is 4.74 Å². The molecule has 0 saturated carbocycles. The topological polar surface area (TPSA) is 41.6 Å². The van der Waals surface area contributed by atoms with Crippen molar-refractivity contribution in [3.8, 4) is 0 Å². The second-order valence-electron chi connectivity index (χ2n) is 4.44. The van der Waals surface area contributed by atoms with Crippen LogP contribution in [0.1, 0.15) is 35.4 Å². The van der Waals surface area contributed by atoms with Crippen LogP contribution in [0.15, 0.2) is 11.4 Å². The van der Waals surface area contributed by atoms with Gasteiger partial charge in [0.25, 0.3) is 0 Å². The molecular weight excluding hydrogens is 236 g/mol. The molecule has 2 atom stereocenters. The number of nitrogens with one attached hydrogen (secondary N) is 1. The first kappa shape index (κ1) is 12.4. The molecule has 17 heavy (non-hydrogen) atoms. The molecule has 1 aromatic heterocycles. The van der Waals surface area contributed by atoms with Gasteiger partial charge in [-0.3, -0.25) is 0 Å². The van der Waals surface area contributed by atoms with Crippen LogP contribution >= 0.6 is 11.3 Å². The fraction of sp³-hybridized carbons (Fsp3) is 0.583. The highest BCUT2D eigenvalue weighted by atomic mass is 32.1. The first-order chi connectivity index (χ1) is 8.13. The molecule has 2 unspecified atom stereocenters. The van der Waals surface area contributed by atoms with Gasteiger partial charge in [-0.2, -0.15) is 0 Å². The fourth-order valence-corrected chi connectivity index (χ4v) is 3.21. The van der Waals surface area contributed by atoms with Crippen LogP contribution in [0.2, 0.25) is 0 Å². The SMILES string of the molecule is COC1CCC(NC(=O)N(C)C)c2ccsc21. The summed E-state index contributed by atoms with van der Waals surface area (Å²) in [6, 6.07) is 2.17. The molecule has 0 saturated heterocycles. The molecule has 1 aliphatic carbocycles. The highest BCUT2D eigenvalue weighted by Crippen LogP contribution is 2.40. The fourth-order valence-electron chi connectivity index (χ4n) is 2.14. The zero-order valence-electron chi connectivity index (χ0n) is 10.4. The van der Waals surface area contributed by atoms with E-state index in [4.69, 9.17) is 4.74 Å². The van der Waals surface area contributed by atoms with Crippen LogP contribution in [0.5, 0.6) is 0 Å². The lowest BCUT2D eigenvalue weighted by atomic mass is 9.92. The monoisotopic (exact) mass is 254 g/mol. The molecule has 1 aliphatic rings. The molecule has 1 N–H and O–H groups in total. The summed E-state index contributed by atoms with van der Waals surface area (Å²) in [5, 5.41) is 5.11. The third kappa shape index (κ3) is 2.45. The van der Waals surface area contributed by atoms with Crippen molar-refractivity contribution in [2.45, 2.75) is 25.0 Å². The number of hydrogen-bond acceptors (Lipinski definition) is 3. The Bertz CT molecular complexity index is 403. The summed E-state index contributed by atoms with van der Waals surface area (Å²) in [4.78, 5) is 14.5. The lowest BCUT2D eigenvalue weighted by Crippen LogP contribution is -2.38. The van der Waals surface area contributed by atoms with Gasteiger partial charge < -0.3 is 15.0 Å². The second-order valence-corrected chi connectivity index (χ2v) is 5.39. The van der Waals surface area contributed by atoms with Crippen LogP contribution in [0.3, 0.4) is 0 Å². The summed E-state index contributed by atoms with van der Waals surface area (Å²) in [5.41, 5.74) is 1.21. The van der Waals surface area contributed by atoms with Gasteiger partial charge in [0.1, 0.15) is 0 Å². The lowest BCUT2D eigenvalue weighted by Gasteiger charge is -2.29. The minimum atomic E-state index is -0.0389. The molecule has 0 fully saturated rings. The Balaban J connectivity index is 2.15. The predicted octanol–water partition coefficient (Wildman–Crippen LogP) is 2.54. The first-order valence-corrected chi connectivity index (χ1v) is 6.59. The van der Waals surface area contributed by atoms with Crippen molar-refractivity contribution in [3.05, 3.63) is 21.9 Å². The van der Waals surface area contributed by atoms with E-state index in [-0.39, 0.29) is 18.2 Å². The molecule has 0 spiro atoms. The van der Waals surface area contributed by atoms with Gasteiger partial charge in [0.05, 0.1) is 12.1 Å². The molecule has 94 valence electrons. The number of methoxy groups -OCH3 is 1. The molecule has 0 aromatic carbocycles. The highest BCUT2D eigenvalue weighted by Gasteiger charge is 2.29. The molecule has 1 aromatic rings. The maximum atomic E-state index is 11.7. The molecule has 2 amide bonds. The van der Waals surface area contributed by atoms with Crippen molar-refractivity contribution >= 4 is 17.4 Å². The third-order valence-electron chi connectivity index (χ3n) is 3.10. The van der Waals surface area contributed by atoms with Crippen molar-refractivity contribution in [1.82, 2.24) is 10.2 Å². The van der Waals surface area contributed by atoms with E-state index in [0.29, 0.717) is 0 Å². The number of ether oxygens (including phenoxy) is 1. The number of hydrogen-bond donors (Lipinski definition) is 1. The number of rotatable bonds is 2. The predicted molar refractivity (Wildman–Crippen MR) is 68.3 cm³/mol. The normalized spacial score (nSPS) is 23.0. The zero-order valence-corrected chi connectivity index (χ0v) is 11.2. The summed E-state index contributed by atoms with van der Waals surface area (Å²) in [7, 11) is 5.25. The van der Waals surface area contributed by atoms with Crippen molar-refractivity contribution in [3.63, 3.8) is 0 Å². The van der Waals surface area contributed by atoms with Gasteiger partial charge >= 0.3 is 6.03 Å². The van der Waals surface area contributed by atoms with Gasteiger partial charge in [-0.25, -0.2) is 4.79 Å². The highest BCUT2D eigenvalue weighted by molar-refractivity contribution is 7.10. The molecule has 0 radical (unpaired) electrons. The second kappa shape index (κ2) is 5.06. The number of nitrogens with zero attached hydrogens (tertiary/aromatic N) is 1. The lowest BCUT2D eigenvalue weighted by molar-refractivity contribution is 0.0857. The Morgan fingerprint density at radius 3 is 2.94 bits per heavy atom. The van der Waals surface area contributed by atoms with Gasteiger partial charge in [0, 0.05) is 26.1 Å². The zero-order chi connectivity index (χ0) is 12.4. The standard InChI is InChI=1S/C12H18N2O2S/c1-14(2)12(15)13-9-4-5-10(16-3)11-8(9)6-7-17-11/h6-7,9-10H,4-5H2,1-3H3,(H,13,15). The van der Waals surface area contributed by atoms with Crippen LogP contribution in [0.25, 0.3) is 0 Å². The minimum Gasteiger partial charge on any atom is -0.376 e. The average Bonchev–Trinajstić information content (AvgIpc) is 2.78. The maximum Gasteiger partial charge on any atom is 0.317 e. The minimum absolute atomic E-state index is 0.0389. The summed E-state index contributed by atoms with van der Waals surface area (Å²) < 4.78 is 5.46. The van der Waals surface area contributed by atoms with Gasteiger partial charge in [0.15, 0.2) is 0 Å². The van der Waals surface area contributed by atoms with E-state index < -0.39 is 0 Å². The van der Waals surface area contributed by atoms with Crippen molar-refractivity contribution in [2.75, 3.05) is 21.2 Å². The van der Waals surface area contributed by atoms with Crippen molar-refractivity contribution in [2.24, 2.45) is 0 Å². The molecule has 2 rings (SSSR count). The molecule has 5 heteroatoms. The number of fused-ring (bicyclic) bond motifs is 1. The molecular formula is C12H18N2O2S. The van der Waals surface area contributed by atoms with E-state index in [0.717, 1.165) is 12.8 Å². The average molecular weight is 254 g/mol. The number of carbonyl (C=O) groups excluding carboxylic acids is 1. The number of amides is 2. The van der Waals surface area contributed by atoms with E-state index in [9.17, 15) is 4.79 Å². The molecule has 0 aliphatic heterocycles. The number of thiophene rings is 1. The summed E-state index contributed by atoms with van der Waals surface area (Å²) in [6.45, 7) is 0. The quantitative estimate of drug-likeness (QED) is 0.881. The number of urea groups is 1.